The summed E-state index contributed by atoms with van der Waals surface area (Å²) in [5, 5.41) is 0. The minimum absolute atomic E-state index is 0.178. The number of nitrogens with two attached hydrogens (primary N) is 1. The normalized spacial score (nSPS) is 14.1. The van der Waals surface area contributed by atoms with Crippen LogP contribution in [0.2, 0.25) is 0 Å². The number of benzene rings is 1. The largest absolute Gasteiger partial charge is 0.324 e. The summed E-state index contributed by atoms with van der Waals surface area (Å²) in [6.07, 6.45) is 0.994. The third-order valence-electron chi connectivity index (χ3n) is 2.62. The molecule has 1 heteroatoms. The summed E-state index contributed by atoms with van der Waals surface area (Å²) in [5.74, 6) is 0. The lowest BCUT2D eigenvalue weighted by Crippen LogP contribution is -2.14. The highest BCUT2D eigenvalue weighted by molar-refractivity contribution is 5.30. The van der Waals surface area contributed by atoms with Gasteiger partial charge in [0, 0.05) is 6.04 Å². The molecule has 0 aromatic heterocycles. The zero-order valence-electron chi connectivity index (χ0n) is 9.67. The van der Waals surface area contributed by atoms with Gasteiger partial charge in [0.15, 0.2) is 0 Å². The van der Waals surface area contributed by atoms with E-state index in [0.29, 0.717) is 0 Å². The van der Waals surface area contributed by atoms with Gasteiger partial charge in [-0.1, -0.05) is 52.0 Å². The molecule has 0 spiro atoms. The summed E-state index contributed by atoms with van der Waals surface area (Å²) in [6, 6.07) is 8.80. The van der Waals surface area contributed by atoms with E-state index in [0.717, 1.165) is 6.42 Å². The van der Waals surface area contributed by atoms with Crippen molar-refractivity contribution in [1.82, 2.24) is 0 Å². The summed E-state index contributed by atoms with van der Waals surface area (Å²) in [5.41, 5.74) is 8.83. The molecule has 1 aromatic carbocycles. The second-order valence-corrected chi connectivity index (χ2v) is 4.89. The summed E-state index contributed by atoms with van der Waals surface area (Å²) in [4.78, 5) is 0. The summed E-state index contributed by atoms with van der Waals surface area (Å²) in [6.45, 7) is 8.80. The molecule has 0 radical (unpaired) electrons. The molecule has 0 aliphatic carbocycles. The van der Waals surface area contributed by atoms with E-state index in [-0.39, 0.29) is 11.5 Å². The van der Waals surface area contributed by atoms with E-state index in [1.807, 2.05) is 0 Å². The van der Waals surface area contributed by atoms with Gasteiger partial charge in [-0.05, 0) is 23.0 Å². The van der Waals surface area contributed by atoms with Crippen molar-refractivity contribution < 1.29 is 0 Å². The van der Waals surface area contributed by atoms with Crippen molar-refractivity contribution in [2.75, 3.05) is 0 Å². The maximum Gasteiger partial charge on any atom is 0.0292 e. The molecule has 0 heterocycles. The van der Waals surface area contributed by atoms with Gasteiger partial charge >= 0.3 is 0 Å². The standard InChI is InChI=1S/C13H21N/c1-5-12(14)10-7-6-8-11(9-10)13(2,3)4/h6-9,12H,5,14H2,1-4H3. The van der Waals surface area contributed by atoms with Crippen LogP contribution in [0.1, 0.15) is 51.3 Å². The Bertz CT molecular complexity index is 296. The lowest BCUT2D eigenvalue weighted by molar-refractivity contribution is 0.586. The van der Waals surface area contributed by atoms with Gasteiger partial charge < -0.3 is 5.73 Å². The Balaban J connectivity index is 3.01. The van der Waals surface area contributed by atoms with Crippen LogP contribution in [0.25, 0.3) is 0 Å². The molecule has 1 aromatic rings. The second kappa shape index (κ2) is 4.14. The Hall–Kier alpha value is -0.820. The van der Waals surface area contributed by atoms with E-state index in [1.165, 1.54) is 11.1 Å². The average molecular weight is 191 g/mol. The predicted octanol–water partition coefficient (Wildman–Crippen LogP) is 3.39. The van der Waals surface area contributed by atoms with Crippen LogP contribution in [0.3, 0.4) is 0 Å². The number of hydrogen-bond donors (Lipinski definition) is 1. The van der Waals surface area contributed by atoms with E-state index >= 15 is 0 Å². The van der Waals surface area contributed by atoms with Gasteiger partial charge in [0.1, 0.15) is 0 Å². The number of rotatable bonds is 2. The molecule has 0 fully saturated rings. The molecule has 2 N–H and O–H groups in total. The van der Waals surface area contributed by atoms with Crippen molar-refractivity contribution in [3.8, 4) is 0 Å². The Morgan fingerprint density at radius 2 is 1.93 bits per heavy atom. The minimum Gasteiger partial charge on any atom is -0.324 e. The molecule has 1 atom stereocenters. The second-order valence-electron chi connectivity index (χ2n) is 4.89. The fourth-order valence-electron chi connectivity index (χ4n) is 1.47. The van der Waals surface area contributed by atoms with Gasteiger partial charge in [0.05, 0.1) is 0 Å². The van der Waals surface area contributed by atoms with Gasteiger partial charge in [0.2, 0.25) is 0 Å². The molecular formula is C13H21N. The fraction of sp³-hybridized carbons (Fsp3) is 0.538. The monoisotopic (exact) mass is 191 g/mol. The molecule has 1 nitrogen and oxygen atoms in total. The predicted molar refractivity (Wildman–Crippen MR) is 62.4 cm³/mol. The van der Waals surface area contributed by atoms with E-state index in [2.05, 4.69) is 52.0 Å². The lowest BCUT2D eigenvalue weighted by Gasteiger charge is -2.21. The van der Waals surface area contributed by atoms with Gasteiger partial charge in [-0.3, -0.25) is 0 Å². The van der Waals surface area contributed by atoms with Crippen LogP contribution < -0.4 is 5.73 Å². The van der Waals surface area contributed by atoms with E-state index in [1.54, 1.807) is 0 Å². The van der Waals surface area contributed by atoms with Crippen LogP contribution in [0.5, 0.6) is 0 Å². The van der Waals surface area contributed by atoms with Crippen LogP contribution in [0, 0.1) is 0 Å². The summed E-state index contributed by atoms with van der Waals surface area (Å²) < 4.78 is 0. The molecule has 0 amide bonds. The summed E-state index contributed by atoms with van der Waals surface area (Å²) in [7, 11) is 0. The zero-order chi connectivity index (χ0) is 10.8. The first kappa shape index (κ1) is 11.3. The highest BCUT2D eigenvalue weighted by atomic mass is 14.6. The third-order valence-corrected chi connectivity index (χ3v) is 2.62. The molecule has 78 valence electrons. The van der Waals surface area contributed by atoms with E-state index < -0.39 is 0 Å². The van der Waals surface area contributed by atoms with Crippen molar-refractivity contribution >= 4 is 0 Å². The van der Waals surface area contributed by atoms with Crippen LogP contribution in [-0.4, -0.2) is 0 Å². The molecule has 14 heavy (non-hydrogen) atoms. The first-order valence-corrected chi connectivity index (χ1v) is 5.31. The van der Waals surface area contributed by atoms with Gasteiger partial charge in [0.25, 0.3) is 0 Å². The highest BCUT2D eigenvalue weighted by Gasteiger charge is 2.14. The zero-order valence-corrected chi connectivity index (χ0v) is 9.67. The van der Waals surface area contributed by atoms with Crippen LogP contribution in [0.4, 0.5) is 0 Å². The smallest absolute Gasteiger partial charge is 0.0292 e. The first-order chi connectivity index (χ1) is 6.45. The Morgan fingerprint density at radius 1 is 1.29 bits per heavy atom. The highest BCUT2D eigenvalue weighted by Crippen LogP contribution is 2.25. The topological polar surface area (TPSA) is 26.0 Å². The van der Waals surface area contributed by atoms with Crippen molar-refractivity contribution in [2.24, 2.45) is 5.73 Å². The first-order valence-electron chi connectivity index (χ1n) is 5.31. The average Bonchev–Trinajstić information content (AvgIpc) is 2.15. The van der Waals surface area contributed by atoms with Crippen LogP contribution >= 0.6 is 0 Å². The van der Waals surface area contributed by atoms with Gasteiger partial charge in [-0.2, -0.15) is 0 Å². The number of hydrogen-bond acceptors (Lipinski definition) is 1. The molecule has 1 rings (SSSR count). The van der Waals surface area contributed by atoms with Crippen LogP contribution in [-0.2, 0) is 5.41 Å². The van der Waals surface area contributed by atoms with Crippen molar-refractivity contribution in [2.45, 2.75) is 45.6 Å². The molecule has 0 saturated carbocycles. The summed E-state index contributed by atoms with van der Waals surface area (Å²) >= 11 is 0. The van der Waals surface area contributed by atoms with Gasteiger partial charge in [-0.15, -0.1) is 0 Å². The Morgan fingerprint density at radius 3 is 2.43 bits per heavy atom. The lowest BCUT2D eigenvalue weighted by atomic mass is 9.85. The quantitative estimate of drug-likeness (QED) is 0.762. The Kier molecular flexibility index (Phi) is 3.33. The van der Waals surface area contributed by atoms with Gasteiger partial charge in [-0.25, -0.2) is 0 Å². The molecule has 0 aliphatic heterocycles. The molecular weight excluding hydrogens is 170 g/mol. The maximum absolute atomic E-state index is 6.01. The van der Waals surface area contributed by atoms with Crippen molar-refractivity contribution in [3.05, 3.63) is 35.4 Å². The van der Waals surface area contributed by atoms with Crippen molar-refractivity contribution in [1.29, 1.82) is 0 Å². The Labute approximate surface area is 87.3 Å². The van der Waals surface area contributed by atoms with E-state index in [9.17, 15) is 0 Å². The molecule has 0 bridgehead atoms. The SMILES string of the molecule is CCC(N)c1cccc(C(C)(C)C)c1. The maximum atomic E-state index is 6.01. The molecule has 0 saturated heterocycles. The fourth-order valence-corrected chi connectivity index (χ4v) is 1.47. The third kappa shape index (κ3) is 2.58. The van der Waals surface area contributed by atoms with Crippen LogP contribution in [0.15, 0.2) is 24.3 Å². The molecule has 1 unspecified atom stereocenters. The van der Waals surface area contributed by atoms with E-state index in [4.69, 9.17) is 5.73 Å². The molecule has 0 aliphatic rings. The minimum atomic E-state index is 0.178. The van der Waals surface area contributed by atoms with Crippen molar-refractivity contribution in [3.63, 3.8) is 0 Å².